The number of morpholine rings is 1. The number of likely N-dealkylation sites (tertiary alicyclic amines) is 1. The predicted molar refractivity (Wildman–Crippen MR) is 114 cm³/mol. The number of hydrogen-bond donors (Lipinski definition) is 0. The Morgan fingerprint density at radius 2 is 1.90 bits per heavy atom. The molecule has 162 valence electrons. The van der Waals surface area contributed by atoms with Crippen molar-refractivity contribution in [2.75, 3.05) is 44.3 Å². The highest BCUT2D eigenvalue weighted by Crippen LogP contribution is 2.29. The van der Waals surface area contributed by atoms with Gasteiger partial charge in [-0.05, 0) is 32.9 Å². The van der Waals surface area contributed by atoms with E-state index in [2.05, 4.69) is 9.88 Å². The summed E-state index contributed by atoms with van der Waals surface area (Å²) in [5.74, 6) is 1.48. The van der Waals surface area contributed by atoms with E-state index in [1.54, 1.807) is 11.1 Å². The van der Waals surface area contributed by atoms with Crippen molar-refractivity contribution in [1.82, 2.24) is 14.9 Å². The van der Waals surface area contributed by atoms with Crippen molar-refractivity contribution in [2.45, 2.75) is 45.3 Å². The lowest BCUT2D eigenvalue weighted by molar-refractivity contribution is 0.0124. The number of aromatic nitrogens is 2. The van der Waals surface area contributed by atoms with Gasteiger partial charge in [0.05, 0.1) is 24.1 Å². The average molecular weight is 415 g/mol. The molecule has 2 aliphatic rings. The van der Waals surface area contributed by atoms with Crippen LogP contribution in [0, 0.1) is 0 Å². The molecule has 0 bridgehead atoms. The van der Waals surface area contributed by atoms with E-state index >= 15 is 0 Å². The zero-order chi connectivity index (χ0) is 21.1. The first kappa shape index (κ1) is 20.7. The molecule has 0 N–H and O–H groups in total. The highest BCUT2D eigenvalue weighted by Gasteiger charge is 2.28. The van der Waals surface area contributed by atoms with E-state index in [1.807, 2.05) is 39.0 Å². The third-order valence-corrected chi connectivity index (χ3v) is 5.26. The zero-order valence-corrected chi connectivity index (χ0v) is 18.0. The Morgan fingerprint density at radius 1 is 1.17 bits per heavy atom. The second-order valence-electron chi connectivity index (χ2n) is 8.74. The van der Waals surface area contributed by atoms with Gasteiger partial charge in [-0.25, -0.2) is 4.79 Å². The second-order valence-corrected chi connectivity index (χ2v) is 8.74. The molecule has 4 rings (SSSR count). The van der Waals surface area contributed by atoms with Crippen molar-refractivity contribution >= 4 is 22.8 Å². The van der Waals surface area contributed by atoms with Gasteiger partial charge >= 0.3 is 6.09 Å². The minimum atomic E-state index is -0.486. The summed E-state index contributed by atoms with van der Waals surface area (Å²) in [7, 11) is 0. The molecule has 2 aromatic heterocycles. The Bertz CT molecular complexity index is 884. The number of piperidine rings is 1. The van der Waals surface area contributed by atoms with E-state index < -0.39 is 5.60 Å². The molecule has 0 saturated carbocycles. The fourth-order valence-electron chi connectivity index (χ4n) is 3.72. The summed E-state index contributed by atoms with van der Waals surface area (Å²) in [5, 5.41) is 0.907. The second kappa shape index (κ2) is 8.63. The highest BCUT2D eigenvalue weighted by molar-refractivity contribution is 5.85. The van der Waals surface area contributed by atoms with Gasteiger partial charge in [0.25, 0.3) is 0 Å². The molecule has 2 aromatic rings. The van der Waals surface area contributed by atoms with Gasteiger partial charge in [0.1, 0.15) is 17.5 Å². The predicted octanol–water partition coefficient (Wildman–Crippen LogP) is 3.24. The molecule has 2 aliphatic heterocycles. The maximum absolute atomic E-state index is 12.3. The van der Waals surface area contributed by atoms with Crippen molar-refractivity contribution in [3.05, 3.63) is 24.4 Å². The van der Waals surface area contributed by atoms with Crippen molar-refractivity contribution < 1.29 is 19.0 Å². The molecule has 2 saturated heterocycles. The maximum Gasteiger partial charge on any atom is 0.410 e. The fraction of sp³-hybridized carbons (Fsp3) is 0.591. The van der Waals surface area contributed by atoms with Gasteiger partial charge in [-0.2, -0.15) is 4.98 Å². The van der Waals surface area contributed by atoms with E-state index in [4.69, 9.17) is 19.2 Å². The van der Waals surface area contributed by atoms with Crippen LogP contribution in [0.3, 0.4) is 0 Å². The molecule has 8 heteroatoms. The molecule has 0 aromatic carbocycles. The van der Waals surface area contributed by atoms with Crippen molar-refractivity contribution in [1.29, 1.82) is 0 Å². The van der Waals surface area contributed by atoms with Gasteiger partial charge in [0.15, 0.2) is 0 Å². The van der Waals surface area contributed by atoms with Crippen LogP contribution in [-0.4, -0.2) is 72.1 Å². The number of anilines is 1. The fourth-order valence-corrected chi connectivity index (χ4v) is 3.72. The Balaban J connectivity index is 1.47. The smallest absolute Gasteiger partial charge is 0.410 e. The van der Waals surface area contributed by atoms with E-state index in [9.17, 15) is 4.79 Å². The lowest BCUT2D eigenvalue weighted by Crippen LogP contribution is -2.44. The van der Waals surface area contributed by atoms with Gasteiger partial charge in [-0.3, -0.25) is 4.98 Å². The maximum atomic E-state index is 12.3. The molecular formula is C22H30N4O4. The number of nitrogens with zero attached hydrogens (tertiary/aromatic N) is 4. The molecule has 0 aliphatic carbocycles. The van der Waals surface area contributed by atoms with E-state index in [0.29, 0.717) is 32.2 Å². The lowest BCUT2D eigenvalue weighted by Gasteiger charge is -2.33. The van der Waals surface area contributed by atoms with Crippen molar-refractivity contribution in [3.63, 3.8) is 0 Å². The monoisotopic (exact) mass is 414 g/mol. The number of carbonyl (C=O) groups excluding carboxylic acids is 1. The van der Waals surface area contributed by atoms with Gasteiger partial charge < -0.3 is 24.0 Å². The molecule has 0 radical (unpaired) electrons. The lowest BCUT2D eigenvalue weighted by atomic mass is 10.1. The molecule has 1 amide bonds. The first-order chi connectivity index (χ1) is 14.4. The third kappa shape index (κ3) is 4.92. The average Bonchev–Trinajstić information content (AvgIpc) is 2.73. The summed E-state index contributed by atoms with van der Waals surface area (Å²) < 4.78 is 17.3. The number of carbonyl (C=O) groups is 1. The number of rotatable bonds is 3. The Labute approximate surface area is 177 Å². The van der Waals surface area contributed by atoms with Gasteiger partial charge in [-0.1, -0.05) is 0 Å². The molecule has 4 heterocycles. The summed E-state index contributed by atoms with van der Waals surface area (Å²) in [6.45, 7) is 9.87. The molecule has 0 atom stereocenters. The van der Waals surface area contributed by atoms with Gasteiger partial charge in [-0.15, -0.1) is 0 Å². The topological polar surface area (TPSA) is 77.0 Å². The number of ether oxygens (including phenoxy) is 3. The SMILES string of the molecule is CC(C)(C)OC(=O)N1CCC(Oc2nc(N3CCOCC3)cc3ncccc23)CC1. The molecule has 2 fully saturated rings. The van der Waals surface area contributed by atoms with Crippen molar-refractivity contribution in [3.8, 4) is 5.88 Å². The summed E-state index contributed by atoms with van der Waals surface area (Å²) >= 11 is 0. The van der Waals surface area contributed by atoms with Crippen LogP contribution in [0.5, 0.6) is 5.88 Å². The first-order valence-corrected chi connectivity index (χ1v) is 10.6. The number of fused-ring (bicyclic) bond motifs is 1. The summed E-state index contributed by atoms with van der Waals surface area (Å²) in [6.07, 6.45) is 3.01. The quantitative estimate of drug-likeness (QED) is 0.763. The van der Waals surface area contributed by atoms with Crippen LogP contribution in [0.15, 0.2) is 24.4 Å². The van der Waals surface area contributed by atoms with Gasteiger partial charge in [0.2, 0.25) is 5.88 Å². The molecular weight excluding hydrogens is 384 g/mol. The largest absolute Gasteiger partial charge is 0.474 e. The summed E-state index contributed by atoms with van der Waals surface area (Å²) in [5.41, 5.74) is 0.385. The minimum Gasteiger partial charge on any atom is -0.474 e. The Hall–Kier alpha value is -2.61. The van der Waals surface area contributed by atoms with E-state index in [0.717, 1.165) is 42.7 Å². The standard InChI is InChI=1S/C22H30N4O4/c1-22(2,3)30-21(27)26-9-6-16(7-10-26)29-20-17-5-4-8-23-18(17)15-19(24-20)25-11-13-28-14-12-25/h4-5,8,15-16H,6-7,9-14H2,1-3H3. The van der Waals surface area contributed by atoms with Gasteiger partial charge in [0, 0.05) is 51.3 Å². The number of pyridine rings is 2. The van der Waals surface area contributed by atoms with Crippen LogP contribution in [0.2, 0.25) is 0 Å². The minimum absolute atomic E-state index is 0.000433. The summed E-state index contributed by atoms with van der Waals surface area (Å²) in [4.78, 5) is 25.6. The Kier molecular flexibility index (Phi) is 5.94. The zero-order valence-electron chi connectivity index (χ0n) is 18.0. The van der Waals surface area contributed by atoms with Crippen molar-refractivity contribution in [2.24, 2.45) is 0 Å². The highest BCUT2D eigenvalue weighted by atomic mass is 16.6. The van der Waals surface area contributed by atoms with E-state index in [-0.39, 0.29) is 12.2 Å². The molecule has 8 nitrogen and oxygen atoms in total. The van der Waals surface area contributed by atoms with Crippen LogP contribution in [0.25, 0.3) is 10.9 Å². The number of hydrogen-bond acceptors (Lipinski definition) is 7. The van der Waals surface area contributed by atoms with Crippen LogP contribution in [0.1, 0.15) is 33.6 Å². The normalized spacial score (nSPS) is 18.5. The molecule has 30 heavy (non-hydrogen) atoms. The van der Waals surface area contributed by atoms with Crippen LogP contribution < -0.4 is 9.64 Å². The van der Waals surface area contributed by atoms with Crippen LogP contribution in [0.4, 0.5) is 10.6 Å². The third-order valence-electron chi connectivity index (χ3n) is 5.26. The Morgan fingerprint density at radius 3 is 2.60 bits per heavy atom. The summed E-state index contributed by atoms with van der Waals surface area (Å²) in [6, 6.07) is 5.90. The van der Waals surface area contributed by atoms with Crippen LogP contribution in [-0.2, 0) is 9.47 Å². The first-order valence-electron chi connectivity index (χ1n) is 10.6. The molecule has 0 unspecified atom stereocenters. The number of amides is 1. The molecule has 0 spiro atoms. The van der Waals surface area contributed by atoms with E-state index in [1.165, 1.54) is 0 Å². The van der Waals surface area contributed by atoms with Crippen LogP contribution >= 0.6 is 0 Å².